The van der Waals surface area contributed by atoms with Gasteiger partial charge in [-0.05, 0) is 27.2 Å². The van der Waals surface area contributed by atoms with Crippen LogP contribution in [-0.2, 0) is 4.74 Å². The van der Waals surface area contributed by atoms with Crippen LogP contribution in [0.5, 0.6) is 0 Å². The Kier molecular flexibility index (Phi) is 5.69. The summed E-state index contributed by atoms with van der Waals surface area (Å²) < 4.78 is 4.99. The molecule has 1 aromatic rings. The molecule has 0 bridgehead atoms. The lowest BCUT2D eigenvalue weighted by molar-refractivity contribution is 0.198. The first kappa shape index (κ1) is 13.7. The van der Waals surface area contributed by atoms with Crippen LogP contribution in [0.3, 0.4) is 0 Å². The second kappa shape index (κ2) is 7.06. The molecule has 0 saturated carbocycles. The van der Waals surface area contributed by atoms with Crippen molar-refractivity contribution in [1.29, 1.82) is 0 Å². The minimum Gasteiger partial charge on any atom is -0.385 e. The molecule has 0 fully saturated rings. The summed E-state index contributed by atoms with van der Waals surface area (Å²) >= 11 is 0. The van der Waals surface area contributed by atoms with Crippen molar-refractivity contribution in [2.45, 2.75) is 33.2 Å². The number of anilines is 2. The van der Waals surface area contributed by atoms with Crippen molar-refractivity contribution in [2.24, 2.45) is 0 Å². The van der Waals surface area contributed by atoms with Crippen molar-refractivity contribution in [3.8, 4) is 0 Å². The van der Waals surface area contributed by atoms with E-state index >= 15 is 0 Å². The van der Waals surface area contributed by atoms with Gasteiger partial charge in [0.05, 0.1) is 0 Å². The van der Waals surface area contributed by atoms with Crippen LogP contribution in [0.4, 0.5) is 11.6 Å². The molecule has 96 valence electrons. The van der Waals surface area contributed by atoms with Crippen LogP contribution in [0.2, 0.25) is 0 Å². The van der Waals surface area contributed by atoms with Gasteiger partial charge in [-0.2, -0.15) is 0 Å². The Morgan fingerprint density at radius 2 is 2.00 bits per heavy atom. The molecule has 0 aromatic carbocycles. The molecule has 0 unspecified atom stereocenters. The average molecular weight is 238 g/mol. The zero-order valence-corrected chi connectivity index (χ0v) is 11.1. The highest BCUT2D eigenvalue weighted by Crippen LogP contribution is 2.11. The first-order chi connectivity index (χ1) is 8.11. The molecule has 1 rings (SSSR count). The monoisotopic (exact) mass is 238 g/mol. The number of nitrogens with one attached hydrogen (secondary N) is 2. The number of aryl methyl sites for hydroxylation is 1. The number of hydrogen-bond donors (Lipinski definition) is 2. The molecule has 0 aliphatic heterocycles. The number of methoxy groups -OCH3 is 1. The van der Waals surface area contributed by atoms with Crippen LogP contribution in [-0.4, -0.2) is 36.3 Å². The third kappa shape index (κ3) is 5.49. The number of hydrogen-bond acceptors (Lipinski definition) is 5. The van der Waals surface area contributed by atoms with Gasteiger partial charge in [0.2, 0.25) is 0 Å². The van der Waals surface area contributed by atoms with E-state index in [0.29, 0.717) is 6.04 Å². The average Bonchev–Trinajstić information content (AvgIpc) is 2.22. The zero-order chi connectivity index (χ0) is 12.7. The number of ether oxygens (including phenoxy) is 1. The highest BCUT2D eigenvalue weighted by Gasteiger charge is 2.02. The summed E-state index contributed by atoms with van der Waals surface area (Å²) in [5.74, 6) is 2.49. The molecule has 0 radical (unpaired) electrons. The summed E-state index contributed by atoms with van der Waals surface area (Å²) in [6.45, 7) is 7.68. The third-order valence-electron chi connectivity index (χ3n) is 2.11. The zero-order valence-electron chi connectivity index (χ0n) is 11.1. The fraction of sp³-hybridized carbons (Fsp3) is 0.667. The van der Waals surface area contributed by atoms with Gasteiger partial charge in [0.1, 0.15) is 17.5 Å². The molecular formula is C12H22N4O. The van der Waals surface area contributed by atoms with E-state index < -0.39 is 0 Å². The minimum absolute atomic E-state index is 0.366. The SMILES string of the molecule is COCCCNc1cc(NC(C)C)nc(C)n1. The molecule has 5 heteroatoms. The maximum absolute atomic E-state index is 4.99. The summed E-state index contributed by atoms with van der Waals surface area (Å²) in [7, 11) is 1.71. The lowest BCUT2D eigenvalue weighted by Gasteiger charge is -2.12. The molecule has 1 heterocycles. The predicted octanol–water partition coefficient (Wildman–Crippen LogP) is 2.05. The van der Waals surface area contributed by atoms with Gasteiger partial charge in [-0.3, -0.25) is 0 Å². The Morgan fingerprint density at radius 3 is 2.65 bits per heavy atom. The van der Waals surface area contributed by atoms with Crippen LogP contribution < -0.4 is 10.6 Å². The molecule has 0 spiro atoms. The lowest BCUT2D eigenvalue weighted by atomic mass is 10.3. The summed E-state index contributed by atoms with van der Waals surface area (Å²) in [5.41, 5.74) is 0. The largest absolute Gasteiger partial charge is 0.385 e. The van der Waals surface area contributed by atoms with Crippen LogP contribution in [0, 0.1) is 6.92 Å². The maximum Gasteiger partial charge on any atom is 0.131 e. The molecule has 0 aliphatic rings. The van der Waals surface area contributed by atoms with Crippen molar-refractivity contribution in [3.63, 3.8) is 0 Å². The lowest BCUT2D eigenvalue weighted by Crippen LogP contribution is -2.13. The highest BCUT2D eigenvalue weighted by atomic mass is 16.5. The number of rotatable bonds is 7. The molecule has 0 atom stereocenters. The molecule has 17 heavy (non-hydrogen) atoms. The molecular weight excluding hydrogens is 216 g/mol. The van der Waals surface area contributed by atoms with Crippen LogP contribution >= 0.6 is 0 Å². The molecule has 5 nitrogen and oxygen atoms in total. The smallest absolute Gasteiger partial charge is 0.131 e. The van der Waals surface area contributed by atoms with Crippen LogP contribution in [0.25, 0.3) is 0 Å². The van der Waals surface area contributed by atoms with Gasteiger partial charge in [0, 0.05) is 32.4 Å². The standard InChI is InChI=1S/C12H22N4O/c1-9(2)14-12-8-11(15-10(3)16-12)13-6-5-7-17-4/h8-9H,5-7H2,1-4H3,(H2,13,14,15,16). The van der Waals surface area contributed by atoms with Crippen molar-refractivity contribution < 1.29 is 4.74 Å². The van der Waals surface area contributed by atoms with E-state index in [4.69, 9.17) is 4.74 Å². The second-order valence-corrected chi connectivity index (χ2v) is 4.26. The summed E-state index contributed by atoms with van der Waals surface area (Å²) in [5, 5.41) is 6.53. The van der Waals surface area contributed by atoms with Gasteiger partial charge in [-0.15, -0.1) is 0 Å². The number of aromatic nitrogens is 2. The van der Waals surface area contributed by atoms with Crippen LogP contribution in [0.15, 0.2) is 6.07 Å². The number of nitrogens with zero attached hydrogens (tertiary/aromatic N) is 2. The van der Waals surface area contributed by atoms with Gasteiger partial charge in [-0.1, -0.05) is 0 Å². The summed E-state index contributed by atoms with van der Waals surface area (Å²) in [6.07, 6.45) is 0.965. The molecule has 1 aromatic heterocycles. The normalized spacial score (nSPS) is 10.6. The van der Waals surface area contributed by atoms with Gasteiger partial charge < -0.3 is 15.4 Å². The van der Waals surface area contributed by atoms with Gasteiger partial charge in [0.15, 0.2) is 0 Å². The van der Waals surface area contributed by atoms with Crippen molar-refractivity contribution >= 4 is 11.6 Å². The predicted molar refractivity (Wildman–Crippen MR) is 70.5 cm³/mol. The topological polar surface area (TPSA) is 59.1 Å². The molecule has 0 aliphatic carbocycles. The Bertz CT molecular complexity index is 341. The van der Waals surface area contributed by atoms with Gasteiger partial charge >= 0.3 is 0 Å². The van der Waals surface area contributed by atoms with Crippen LogP contribution in [0.1, 0.15) is 26.1 Å². The minimum atomic E-state index is 0.366. The highest BCUT2D eigenvalue weighted by molar-refractivity contribution is 5.47. The van der Waals surface area contributed by atoms with Crippen molar-refractivity contribution in [2.75, 3.05) is 30.9 Å². The Hall–Kier alpha value is -1.36. The summed E-state index contributed by atoms with van der Waals surface area (Å²) in [6, 6.07) is 2.30. The van der Waals surface area contributed by atoms with Gasteiger partial charge in [-0.25, -0.2) is 9.97 Å². The van der Waals surface area contributed by atoms with E-state index in [2.05, 4.69) is 34.4 Å². The Labute approximate surface area is 103 Å². The van der Waals surface area contributed by atoms with E-state index in [-0.39, 0.29) is 0 Å². The van der Waals surface area contributed by atoms with E-state index in [1.807, 2.05) is 13.0 Å². The van der Waals surface area contributed by atoms with E-state index in [9.17, 15) is 0 Å². The quantitative estimate of drug-likeness (QED) is 0.712. The van der Waals surface area contributed by atoms with Crippen molar-refractivity contribution in [1.82, 2.24) is 9.97 Å². The maximum atomic E-state index is 4.99. The van der Waals surface area contributed by atoms with E-state index in [1.165, 1.54) is 0 Å². The third-order valence-corrected chi connectivity index (χ3v) is 2.11. The first-order valence-corrected chi connectivity index (χ1v) is 5.97. The molecule has 0 saturated heterocycles. The Morgan fingerprint density at radius 1 is 1.29 bits per heavy atom. The summed E-state index contributed by atoms with van der Waals surface area (Å²) in [4.78, 5) is 8.67. The Balaban J connectivity index is 2.56. The molecule has 2 N–H and O–H groups in total. The first-order valence-electron chi connectivity index (χ1n) is 5.97. The molecule has 0 amide bonds. The fourth-order valence-electron chi connectivity index (χ4n) is 1.46. The fourth-order valence-corrected chi connectivity index (χ4v) is 1.46. The second-order valence-electron chi connectivity index (χ2n) is 4.26. The van der Waals surface area contributed by atoms with E-state index in [0.717, 1.165) is 37.0 Å². The van der Waals surface area contributed by atoms with Gasteiger partial charge in [0.25, 0.3) is 0 Å². The van der Waals surface area contributed by atoms with Crippen molar-refractivity contribution in [3.05, 3.63) is 11.9 Å². The van der Waals surface area contributed by atoms with E-state index in [1.54, 1.807) is 7.11 Å².